The summed E-state index contributed by atoms with van der Waals surface area (Å²) in [6, 6.07) is 0.191. The molecule has 0 saturated carbocycles. The summed E-state index contributed by atoms with van der Waals surface area (Å²) < 4.78 is 0. The van der Waals surface area contributed by atoms with Crippen LogP contribution in [0.2, 0.25) is 0 Å². The van der Waals surface area contributed by atoms with Crippen LogP contribution in [0.5, 0.6) is 0 Å². The van der Waals surface area contributed by atoms with Crippen molar-refractivity contribution in [2.24, 2.45) is 0 Å². The quantitative estimate of drug-likeness (QED) is 0.693. The Hall–Kier alpha value is -0.280. The average molecular weight is 222 g/mol. The smallest absolute Gasteiger partial charge is 0.240 e. The molecule has 14 heavy (non-hydrogen) atoms. The fourth-order valence-electron chi connectivity index (χ4n) is 1.54. The van der Waals surface area contributed by atoms with Crippen LogP contribution in [0.4, 0.5) is 0 Å². The van der Waals surface area contributed by atoms with Crippen LogP contribution in [0.15, 0.2) is 0 Å². The van der Waals surface area contributed by atoms with Crippen molar-refractivity contribution in [3.63, 3.8) is 0 Å². The largest absolute Gasteiger partial charge is 0.395 e. The van der Waals surface area contributed by atoms with E-state index >= 15 is 0 Å². The van der Waals surface area contributed by atoms with Crippen LogP contribution >= 0.6 is 11.6 Å². The number of hydrogen-bond acceptors (Lipinski definition) is 2. The predicted molar refractivity (Wildman–Crippen MR) is 58.5 cm³/mol. The molecular formula is C10H20ClNO2. The van der Waals surface area contributed by atoms with Crippen molar-refractivity contribution in [3.8, 4) is 0 Å². The molecule has 84 valence electrons. The molecule has 0 heterocycles. The van der Waals surface area contributed by atoms with Crippen molar-refractivity contribution in [3.05, 3.63) is 0 Å². The van der Waals surface area contributed by atoms with Gasteiger partial charge in [0.2, 0.25) is 5.91 Å². The lowest BCUT2D eigenvalue weighted by Crippen LogP contribution is -2.44. The van der Waals surface area contributed by atoms with Gasteiger partial charge in [-0.05, 0) is 19.8 Å². The zero-order valence-corrected chi connectivity index (χ0v) is 9.92. The zero-order valence-electron chi connectivity index (χ0n) is 9.16. The third-order valence-corrected chi connectivity index (χ3v) is 2.53. The molecule has 0 rings (SSSR count). The van der Waals surface area contributed by atoms with E-state index in [-0.39, 0.29) is 18.6 Å². The van der Waals surface area contributed by atoms with E-state index in [0.717, 1.165) is 12.8 Å². The van der Waals surface area contributed by atoms with Crippen LogP contribution in [0, 0.1) is 0 Å². The van der Waals surface area contributed by atoms with Crippen molar-refractivity contribution >= 4 is 17.5 Å². The molecule has 1 amide bonds. The molecule has 0 aromatic carbocycles. The number of carbonyl (C=O) groups is 1. The Morgan fingerprint density at radius 3 is 2.21 bits per heavy atom. The average Bonchev–Trinajstić information content (AvgIpc) is 2.17. The molecule has 0 aliphatic rings. The van der Waals surface area contributed by atoms with Gasteiger partial charge in [0.15, 0.2) is 0 Å². The van der Waals surface area contributed by atoms with Crippen LogP contribution in [0.25, 0.3) is 0 Å². The highest BCUT2D eigenvalue weighted by molar-refractivity contribution is 6.30. The summed E-state index contributed by atoms with van der Waals surface area (Å²) in [6.07, 6.45) is 1.79. The van der Waals surface area contributed by atoms with Crippen LogP contribution < -0.4 is 0 Å². The molecule has 0 saturated heterocycles. The second-order valence-electron chi connectivity index (χ2n) is 3.34. The van der Waals surface area contributed by atoms with Crippen LogP contribution in [-0.4, -0.2) is 40.5 Å². The van der Waals surface area contributed by atoms with Gasteiger partial charge in [-0.2, -0.15) is 0 Å². The van der Waals surface area contributed by atoms with E-state index in [9.17, 15) is 4.79 Å². The maximum absolute atomic E-state index is 11.7. The zero-order chi connectivity index (χ0) is 11.1. The maximum atomic E-state index is 11.7. The number of aliphatic hydroxyl groups is 1. The summed E-state index contributed by atoms with van der Waals surface area (Å²) >= 11 is 5.74. The van der Waals surface area contributed by atoms with Gasteiger partial charge in [-0.3, -0.25) is 4.79 Å². The van der Waals surface area contributed by atoms with Gasteiger partial charge in [-0.25, -0.2) is 0 Å². The van der Waals surface area contributed by atoms with Crippen LogP contribution in [0.1, 0.15) is 33.6 Å². The number of amides is 1. The summed E-state index contributed by atoms with van der Waals surface area (Å²) in [4.78, 5) is 13.4. The number of aliphatic hydroxyl groups excluding tert-OH is 1. The molecular weight excluding hydrogens is 202 g/mol. The number of halogens is 1. The Balaban J connectivity index is 4.47. The summed E-state index contributed by atoms with van der Waals surface area (Å²) in [5.74, 6) is -0.0885. The molecule has 0 spiro atoms. The molecule has 1 unspecified atom stereocenters. The monoisotopic (exact) mass is 221 g/mol. The van der Waals surface area contributed by atoms with Gasteiger partial charge in [-0.1, -0.05) is 13.8 Å². The third kappa shape index (κ3) is 3.84. The summed E-state index contributed by atoms with van der Waals surface area (Å²) in [5.41, 5.74) is 0. The van der Waals surface area contributed by atoms with E-state index in [1.54, 1.807) is 11.8 Å². The van der Waals surface area contributed by atoms with Crippen molar-refractivity contribution in [2.45, 2.75) is 45.0 Å². The highest BCUT2D eigenvalue weighted by Gasteiger charge is 2.23. The SMILES string of the molecule is CCC(CC)N(CCO)C(=O)C(C)Cl. The Kier molecular flexibility index (Phi) is 6.93. The summed E-state index contributed by atoms with van der Waals surface area (Å²) in [7, 11) is 0. The Labute approximate surface area is 91.0 Å². The van der Waals surface area contributed by atoms with Gasteiger partial charge in [0.1, 0.15) is 5.38 Å². The lowest BCUT2D eigenvalue weighted by Gasteiger charge is -2.30. The number of hydrogen-bond donors (Lipinski definition) is 1. The molecule has 0 bridgehead atoms. The minimum atomic E-state index is -0.512. The predicted octanol–water partition coefficient (Wildman–Crippen LogP) is 1.62. The first-order valence-electron chi connectivity index (χ1n) is 5.13. The number of rotatable bonds is 6. The van der Waals surface area contributed by atoms with Gasteiger partial charge in [-0.15, -0.1) is 11.6 Å². The number of nitrogens with zero attached hydrogens (tertiary/aromatic N) is 1. The van der Waals surface area contributed by atoms with Gasteiger partial charge in [0.05, 0.1) is 6.61 Å². The Morgan fingerprint density at radius 1 is 1.43 bits per heavy atom. The molecule has 0 radical (unpaired) electrons. The number of carbonyl (C=O) groups excluding carboxylic acids is 1. The third-order valence-electron chi connectivity index (χ3n) is 2.35. The first-order valence-corrected chi connectivity index (χ1v) is 5.57. The Morgan fingerprint density at radius 2 is 1.93 bits per heavy atom. The molecule has 4 heteroatoms. The molecule has 0 aromatic heterocycles. The lowest BCUT2D eigenvalue weighted by atomic mass is 10.1. The minimum absolute atomic E-state index is 0.00809. The topological polar surface area (TPSA) is 40.5 Å². The molecule has 1 atom stereocenters. The summed E-state index contributed by atoms with van der Waals surface area (Å²) in [6.45, 7) is 6.10. The van der Waals surface area contributed by atoms with Gasteiger partial charge < -0.3 is 10.0 Å². The van der Waals surface area contributed by atoms with Crippen LogP contribution in [0.3, 0.4) is 0 Å². The first-order chi connectivity index (χ1) is 6.58. The Bertz CT molecular complexity index is 170. The van der Waals surface area contributed by atoms with Crippen LogP contribution in [-0.2, 0) is 4.79 Å². The highest BCUT2D eigenvalue weighted by Crippen LogP contribution is 2.12. The van der Waals surface area contributed by atoms with E-state index in [4.69, 9.17) is 16.7 Å². The molecule has 1 N–H and O–H groups in total. The fraction of sp³-hybridized carbons (Fsp3) is 0.900. The van der Waals surface area contributed by atoms with E-state index in [1.807, 2.05) is 13.8 Å². The normalized spacial score (nSPS) is 13.0. The molecule has 0 aromatic rings. The summed E-state index contributed by atoms with van der Waals surface area (Å²) in [5, 5.41) is 8.36. The van der Waals surface area contributed by atoms with Crippen molar-refractivity contribution < 1.29 is 9.90 Å². The van der Waals surface area contributed by atoms with E-state index in [0.29, 0.717) is 6.54 Å². The highest BCUT2D eigenvalue weighted by atomic mass is 35.5. The standard InChI is InChI=1S/C10H20ClNO2/c1-4-9(5-2)12(6-7-13)10(14)8(3)11/h8-9,13H,4-7H2,1-3H3. The fourth-order valence-corrected chi connectivity index (χ4v) is 1.66. The maximum Gasteiger partial charge on any atom is 0.240 e. The number of alkyl halides is 1. The lowest BCUT2D eigenvalue weighted by molar-refractivity contribution is -0.133. The van der Waals surface area contributed by atoms with E-state index < -0.39 is 5.38 Å². The molecule has 0 fully saturated rings. The second-order valence-corrected chi connectivity index (χ2v) is 4.00. The van der Waals surface area contributed by atoms with Crippen molar-refractivity contribution in [1.82, 2.24) is 4.90 Å². The van der Waals surface area contributed by atoms with Crippen molar-refractivity contribution in [1.29, 1.82) is 0 Å². The van der Waals surface area contributed by atoms with E-state index in [1.165, 1.54) is 0 Å². The molecule has 3 nitrogen and oxygen atoms in total. The van der Waals surface area contributed by atoms with Gasteiger partial charge in [0.25, 0.3) is 0 Å². The first kappa shape index (κ1) is 13.7. The van der Waals surface area contributed by atoms with Crippen molar-refractivity contribution in [2.75, 3.05) is 13.2 Å². The second kappa shape index (κ2) is 7.07. The molecule has 0 aliphatic carbocycles. The molecule has 0 aliphatic heterocycles. The van der Waals surface area contributed by atoms with E-state index in [2.05, 4.69) is 0 Å². The van der Waals surface area contributed by atoms with Gasteiger partial charge >= 0.3 is 0 Å². The minimum Gasteiger partial charge on any atom is -0.395 e. The van der Waals surface area contributed by atoms with Gasteiger partial charge in [0, 0.05) is 12.6 Å².